The van der Waals surface area contributed by atoms with Crippen molar-refractivity contribution in [2.75, 3.05) is 0 Å². The van der Waals surface area contributed by atoms with E-state index in [4.69, 9.17) is 4.98 Å². The molecule has 40 heavy (non-hydrogen) atoms. The minimum Gasteiger partial charge on any atom is -0.224 e. The molecule has 0 fully saturated rings. The first-order chi connectivity index (χ1) is 19.0. The van der Waals surface area contributed by atoms with Crippen LogP contribution in [0.15, 0.2) is 73.1 Å². The van der Waals surface area contributed by atoms with E-state index in [9.17, 15) is 0 Å². The lowest BCUT2D eigenvalue weighted by molar-refractivity contribution is -0.763. The highest BCUT2D eigenvalue weighted by molar-refractivity contribution is 6.00. The van der Waals surface area contributed by atoms with Crippen molar-refractivity contribution < 1.29 is 4.57 Å². The highest BCUT2D eigenvalue weighted by Crippen LogP contribution is 2.57. The molecule has 2 heterocycles. The Morgan fingerprint density at radius 2 is 1.43 bits per heavy atom. The fourth-order valence-electron chi connectivity index (χ4n) is 8.24. The molecule has 7 rings (SSSR count). The molecule has 2 aliphatic rings. The van der Waals surface area contributed by atoms with E-state index in [0.717, 1.165) is 18.5 Å². The van der Waals surface area contributed by atoms with Crippen LogP contribution in [0.25, 0.3) is 44.1 Å². The zero-order chi connectivity index (χ0) is 28.2. The second-order valence-electron chi connectivity index (χ2n) is 13.9. The number of hydrogen-bond acceptors (Lipinski definition) is 1. The number of rotatable bonds is 3. The second-order valence-corrected chi connectivity index (χ2v) is 13.9. The number of fused-ring (bicyclic) bond motifs is 11. The molecule has 0 N–H and O–H groups in total. The van der Waals surface area contributed by atoms with Gasteiger partial charge in [-0.1, -0.05) is 96.1 Å². The predicted molar refractivity (Wildman–Crippen MR) is 168 cm³/mol. The highest BCUT2D eigenvalue weighted by atomic mass is 15.1. The number of nitrogens with zero attached hydrogens (tertiary/aromatic N) is 2. The third-order valence-electron chi connectivity index (χ3n) is 10.7. The van der Waals surface area contributed by atoms with Gasteiger partial charge >= 0.3 is 0 Å². The molecule has 0 radical (unpaired) electrons. The van der Waals surface area contributed by atoms with Crippen LogP contribution >= 0.6 is 0 Å². The van der Waals surface area contributed by atoms with Crippen LogP contribution < -0.4 is 4.57 Å². The number of aromatic nitrogens is 2. The zero-order valence-corrected chi connectivity index (χ0v) is 25.3. The molecular weight excluding hydrogens is 484 g/mol. The molecule has 1 atom stereocenters. The third kappa shape index (κ3) is 3.05. The molecular formula is C38H41N2+. The minimum atomic E-state index is -0.186. The van der Waals surface area contributed by atoms with Gasteiger partial charge in [-0.25, -0.2) is 4.57 Å². The van der Waals surface area contributed by atoms with Crippen LogP contribution in [0.3, 0.4) is 0 Å². The molecule has 0 spiro atoms. The first-order valence-corrected chi connectivity index (χ1v) is 15.1. The molecule has 0 saturated carbocycles. The Labute approximate surface area is 239 Å². The molecule has 0 saturated heterocycles. The van der Waals surface area contributed by atoms with Crippen molar-refractivity contribution in [3.05, 3.63) is 95.3 Å². The van der Waals surface area contributed by atoms with Gasteiger partial charge in [0.15, 0.2) is 5.69 Å². The maximum absolute atomic E-state index is 5.28. The van der Waals surface area contributed by atoms with Crippen molar-refractivity contribution in [1.29, 1.82) is 0 Å². The maximum Gasteiger partial charge on any atom is 0.287 e. The zero-order valence-electron chi connectivity index (χ0n) is 25.3. The van der Waals surface area contributed by atoms with Crippen molar-refractivity contribution in [3.63, 3.8) is 0 Å². The Bertz CT molecular complexity index is 1860. The molecule has 1 aliphatic carbocycles. The van der Waals surface area contributed by atoms with E-state index in [2.05, 4.69) is 133 Å². The van der Waals surface area contributed by atoms with Gasteiger partial charge in [-0.2, -0.15) is 0 Å². The van der Waals surface area contributed by atoms with E-state index in [1.165, 1.54) is 60.6 Å². The molecule has 5 aromatic rings. The Morgan fingerprint density at radius 3 is 2.12 bits per heavy atom. The molecule has 0 amide bonds. The molecule has 0 bridgehead atoms. The molecule has 1 aromatic heterocycles. The Morgan fingerprint density at radius 1 is 0.750 bits per heavy atom. The monoisotopic (exact) mass is 525 g/mol. The van der Waals surface area contributed by atoms with Crippen molar-refractivity contribution >= 4 is 21.5 Å². The molecule has 202 valence electrons. The summed E-state index contributed by atoms with van der Waals surface area (Å²) in [6, 6.07) is 25.2. The van der Waals surface area contributed by atoms with Crippen molar-refractivity contribution in [2.45, 2.75) is 84.6 Å². The van der Waals surface area contributed by atoms with Gasteiger partial charge in [-0.3, -0.25) is 0 Å². The lowest BCUT2D eigenvalue weighted by Gasteiger charge is -2.48. The van der Waals surface area contributed by atoms with E-state index >= 15 is 0 Å². The van der Waals surface area contributed by atoms with Crippen LogP contribution in [0.2, 0.25) is 0 Å². The topological polar surface area (TPSA) is 16.8 Å². The first-order valence-electron chi connectivity index (χ1n) is 15.1. The fraction of sp³-hybridized carbons (Fsp3) is 0.368. The summed E-state index contributed by atoms with van der Waals surface area (Å²) in [7, 11) is 0. The summed E-state index contributed by atoms with van der Waals surface area (Å²) in [5, 5.41) is 5.48. The lowest BCUT2D eigenvalue weighted by atomic mass is 9.60. The summed E-state index contributed by atoms with van der Waals surface area (Å²) in [6.07, 6.45) is 4.28. The standard InChI is InChI=1S/C38H41N2/c1-9-38(8)32-28-17-13-12-15-26(28)25(20-23(2)3)21-30(32)35-33-34(39-22-40(35)37(38,6)7)29-19-18-24-14-10-11-16-27(24)31(29)36(33,4)5/h10-19,21-23H,9,20H2,1-8H3/q+1. The quantitative estimate of drug-likeness (QED) is 0.215. The number of benzene rings is 4. The van der Waals surface area contributed by atoms with Gasteiger partial charge in [-0.05, 0) is 88.0 Å². The Kier molecular flexibility index (Phi) is 5.25. The SMILES string of the molecule is CCC1(C)c2c(cc(CC(C)C)c3ccccc23)-c2c3c(nc[n+]2C1(C)C)-c1ccc2ccccc2c1C3(C)C. The average Bonchev–Trinajstić information content (AvgIpc) is 3.18. The van der Waals surface area contributed by atoms with Crippen molar-refractivity contribution in [2.24, 2.45) is 5.92 Å². The van der Waals surface area contributed by atoms with E-state index in [0.29, 0.717) is 5.92 Å². The van der Waals surface area contributed by atoms with Gasteiger partial charge < -0.3 is 0 Å². The molecule has 2 nitrogen and oxygen atoms in total. The van der Waals surface area contributed by atoms with Crippen molar-refractivity contribution in [1.82, 2.24) is 4.98 Å². The molecule has 4 aromatic carbocycles. The Hall–Kier alpha value is -3.52. The summed E-state index contributed by atoms with van der Waals surface area (Å²) in [6.45, 7) is 19.2. The van der Waals surface area contributed by atoms with Crippen LogP contribution in [0, 0.1) is 5.92 Å². The highest BCUT2D eigenvalue weighted by Gasteiger charge is 2.56. The van der Waals surface area contributed by atoms with Crippen LogP contribution in [0.1, 0.15) is 84.1 Å². The van der Waals surface area contributed by atoms with Crippen LogP contribution in [0.4, 0.5) is 0 Å². The summed E-state index contributed by atoms with van der Waals surface area (Å²) < 4.78 is 2.54. The van der Waals surface area contributed by atoms with E-state index in [-0.39, 0.29) is 16.4 Å². The van der Waals surface area contributed by atoms with Crippen LogP contribution in [-0.4, -0.2) is 4.98 Å². The third-order valence-corrected chi connectivity index (χ3v) is 10.7. The molecule has 1 unspecified atom stereocenters. The predicted octanol–water partition coefficient (Wildman–Crippen LogP) is 9.26. The minimum absolute atomic E-state index is 0.0613. The molecule has 2 heteroatoms. The van der Waals surface area contributed by atoms with Crippen LogP contribution in [0.5, 0.6) is 0 Å². The lowest BCUT2D eigenvalue weighted by Crippen LogP contribution is -2.67. The van der Waals surface area contributed by atoms with Gasteiger partial charge in [-0.15, -0.1) is 0 Å². The fourth-order valence-corrected chi connectivity index (χ4v) is 8.24. The van der Waals surface area contributed by atoms with E-state index in [1.807, 2.05) is 0 Å². The normalized spacial score (nSPS) is 19.9. The van der Waals surface area contributed by atoms with Gasteiger partial charge in [0.05, 0.1) is 5.56 Å². The first kappa shape index (κ1) is 25.4. The largest absolute Gasteiger partial charge is 0.287 e. The maximum atomic E-state index is 5.28. The van der Waals surface area contributed by atoms with E-state index < -0.39 is 0 Å². The van der Waals surface area contributed by atoms with Gasteiger partial charge in [0.1, 0.15) is 11.2 Å². The summed E-state index contributed by atoms with van der Waals surface area (Å²) in [4.78, 5) is 5.28. The summed E-state index contributed by atoms with van der Waals surface area (Å²) in [5.74, 6) is 0.585. The number of hydrogen-bond donors (Lipinski definition) is 0. The van der Waals surface area contributed by atoms with Crippen molar-refractivity contribution in [3.8, 4) is 22.5 Å². The van der Waals surface area contributed by atoms with Gasteiger partial charge in [0.25, 0.3) is 6.33 Å². The molecule has 1 aliphatic heterocycles. The Balaban J connectivity index is 1.66. The average molecular weight is 526 g/mol. The van der Waals surface area contributed by atoms with E-state index in [1.54, 1.807) is 0 Å². The summed E-state index contributed by atoms with van der Waals surface area (Å²) >= 11 is 0. The second kappa shape index (κ2) is 8.26. The summed E-state index contributed by atoms with van der Waals surface area (Å²) in [5.41, 5.74) is 10.5. The van der Waals surface area contributed by atoms with Gasteiger partial charge in [0.2, 0.25) is 0 Å². The van der Waals surface area contributed by atoms with Crippen LogP contribution in [-0.2, 0) is 22.8 Å². The smallest absolute Gasteiger partial charge is 0.224 e. The van der Waals surface area contributed by atoms with Gasteiger partial charge in [0, 0.05) is 22.0 Å².